The first-order valence-electron chi connectivity index (χ1n) is 6.58. The maximum Gasteiger partial charge on any atom is 0.147 e. The zero-order valence-corrected chi connectivity index (χ0v) is 12.2. The second kappa shape index (κ2) is 5.92. The Balaban J connectivity index is 2.16. The van der Waals surface area contributed by atoms with E-state index >= 15 is 0 Å². The smallest absolute Gasteiger partial charge is 0.147 e. The Kier molecular flexibility index (Phi) is 4.47. The lowest BCUT2D eigenvalue weighted by atomic mass is 9.85. The van der Waals surface area contributed by atoms with Crippen molar-refractivity contribution >= 4 is 9.84 Å². The average Bonchev–Trinajstić information content (AvgIpc) is 2.38. The summed E-state index contributed by atoms with van der Waals surface area (Å²) in [6.45, 7) is 0.693. The van der Waals surface area contributed by atoms with E-state index in [-0.39, 0.29) is 11.8 Å². The highest BCUT2D eigenvalue weighted by molar-refractivity contribution is 7.90. The van der Waals surface area contributed by atoms with Crippen molar-refractivity contribution in [2.24, 2.45) is 0 Å². The van der Waals surface area contributed by atoms with E-state index in [1.165, 1.54) is 11.8 Å². The Morgan fingerprint density at radius 3 is 2.84 bits per heavy atom. The molecule has 0 spiro atoms. The van der Waals surface area contributed by atoms with Gasteiger partial charge in [0.1, 0.15) is 15.6 Å². The Morgan fingerprint density at radius 1 is 1.42 bits per heavy atom. The summed E-state index contributed by atoms with van der Waals surface area (Å²) in [5, 5.41) is 3.27. The van der Waals surface area contributed by atoms with Crippen molar-refractivity contribution in [1.82, 2.24) is 5.32 Å². The van der Waals surface area contributed by atoms with Gasteiger partial charge in [-0.25, -0.2) is 8.42 Å². The number of ether oxygens (including phenoxy) is 1. The van der Waals surface area contributed by atoms with Crippen LogP contribution >= 0.6 is 0 Å². The molecule has 2 rings (SSSR count). The molecule has 0 fully saturated rings. The lowest BCUT2D eigenvalue weighted by molar-refractivity contribution is 0.246. The van der Waals surface area contributed by atoms with Crippen LogP contribution in [0.3, 0.4) is 0 Å². The summed E-state index contributed by atoms with van der Waals surface area (Å²) in [5.41, 5.74) is 1.18. The highest BCUT2D eigenvalue weighted by Gasteiger charge is 2.28. The van der Waals surface area contributed by atoms with E-state index in [0.717, 1.165) is 12.2 Å². The first-order chi connectivity index (χ1) is 9.01. The van der Waals surface area contributed by atoms with E-state index in [0.29, 0.717) is 18.9 Å². The van der Waals surface area contributed by atoms with Gasteiger partial charge in [0, 0.05) is 18.2 Å². The van der Waals surface area contributed by atoms with Crippen LogP contribution < -0.4 is 10.1 Å². The average molecular weight is 283 g/mol. The number of benzene rings is 1. The lowest BCUT2D eigenvalue weighted by Gasteiger charge is -2.32. The number of nitrogens with one attached hydrogen (secondary N) is 1. The molecule has 0 bridgehead atoms. The van der Waals surface area contributed by atoms with E-state index in [4.69, 9.17) is 4.74 Å². The number of sulfone groups is 1. The van der Waals surface area contributed by atoms with Gasteiger partial charge in [-0.15, -0.1) is 0 Å². The number of rotatable bonds is 5. The van der Waals surface area contributed by atoms with Gasteiger partial charge in [0.05, 0.1) is 12.4 Å². The molecule has 1 heterocycles. The van der Waals surface area contributed by atoms with E-state index in [1.807, 2.05) is 25.2 Å². The zero-order chi connectivity index (χ0) is 13.9. The van der Waals surface area contributed by atoms with Crippen LogP contribution in [0.2, 0.25) is 0 Å². The predicted molar refractivity (Wildman–Crippen MR) is 76.5 cm³/mol. The maximum atomic E-state index is 11.3. The van der Waals surface area contributed by atoms with Gasteiger partial charge in [-0.1, -0.05) is 18.2 Å². The third-order valence-corrected chi connectivity index (χ3v) is 4.64. The summed E-state index contributed by atoms with van der Waals surface area (Å²) in [7, 11) is -1.02. The molecule has 4 nitrogen and oxygen atoms in total. The lowest BCUT2D eigenvalue weighted by Crippen LogP contribution is -2.36. The molecular formula is C14H21NO3S. The first kappa shape index (κ1) is 14.3. The van der Waals surface area contributed by atoms with Crippen molar-refractivity contribution in [1.29, 1.82) is 0 Å². The largest absolute Gasteiger partial charge is 0.493 e. The maximum absolute atomic E-state index is 11.3. The summed E-state index contributed by atoms with van der Waals surface area (Å²) < 4.78 is 28.3. The SMILES string of the molecule is CNC(CCS(C)(=O)=O)C1CCOc2ccccc21. The second-order valence-electron chi connectivity index (χ2n) is 5.10. The van der Waals surface area contributed by atoms with Gasteiger partial charge in [-0.05, 0) is 31.5 Å². The second-order valence-corrected chi connectivity index (χ2v) is 7.35. The monoisotopic (exact) mass is 283 g/mol. The molecule has 19 heavy (non-hydrogen) atoms. The van der Waals surface area contributed by atoms with Crippen molar-refractivity contribution in [3.63, 3.8) is 0 Å². The molecule has 0 amide bonds. The molecule has 1 aliphatic heterocycles. The van der Waals surface area contributed by atoms with Crippen LogP contribution in [0.5, 0.6) is 5.75 Å². The topological polar surface area (TPSA) is 55.4 Å². The number of para-hydroxylation sites is 1. The first-order valence-corrected chi connectivity index (χ1v) is 8.64. The third kappa shape index (κ3) is 3.70. The van der Waals surface area contributed by atoms with Gasteiger partial charge < -0.3 is 10.1 Å². The highest BCUT2D eigenvalue weighted by Crippen LogP contribution is 2.36. The van der Waals surface area contributed by atoms with Gasteiger partial charge in [-0.3, -0.25) is 0 Å². The molecule has 2 unspecified atom stereocenters. The minimum Gasteiger partial charge on any atom is -0.493 e. The molecule has 0 radical (unpaired) electrons. The van der Waals surface area contributed by atoms with Crippen LogP contribution in [0.1, 0.15) is 24.3 Å². The fourth-order valence-electron chi connectivity index (χ4n) is 2.68. The fraction of sp³-hybridized carbons (Fsp3) is 0.571. The van der Waals surface area contributed by atoms with Crippen LogP contribution in [0, 0.1) is 0 Å². The Labute approximate surface area is 115 Å². The molecule has 1 aromatic carbocycles. The third-order valence-electron chi connectivity index (χ3n) is 3.66. The standard InChI is InChI=1S/C14H21NO3S/c1-15-13(8-10-19(2,16)17)11-7-9-18-14-6-4-3-5-12(11)14/h3-6,11,13,15H,7-10H2,1-2H3. The van der Waals surface area contributed by atoms with E-state index in [2.05, 4.69) is 11.4 Å². The van der Waals surface area contributed by atoms with Crippen LogP contribution in [0.25, 0.3) is 0 Å². The predicted octanol–water partition coefficient (Wildman–Crippen LogP) is 1.58. The molecule has 1 aliphatic rings. The fourth-order valence-corrected chi connectivity index (χ4v) is 3.36. The van der Waals surface area contributed by atoms with Crippen molar-refractivity contribution in [2.45, 2.75) is 24.8 Å². The van der Waals surface area contributed by atoms with Gasteiger partial charge in [0.2, 0.25) is 0 Å². The number of hydrogen-bond donors (Lipinski definition) is 1. The minimum absolute atomic E-state index is 0.166. The molecule has 0 aliphatic carbocycles. The summed E-state index contributed by atoms with van der Waals surface area (Å²) in [6, 6.07) is 8.18. The minimum atomic E-state index is -2.92. The van der Waals surface area contributed by atoms with E-state index in [1.54, 1.807) is 0 Å². The van der Waals surface area contributed by atoms with Crippen molar-refractivity contribution < 1.29 is 13.2 Å². The van der Waals surface area contributed by atoms with E-state index < -0.39 is 9.84 Å². The number of fused-ring (bicyclic) bond motifs is 1. The summed E-state index contributed by atoms with van der Waals surface area (Å²) >= 11 is 0. The quantitative estimate of drug-likeness (QED) is 0.891. The van der Waals surface area contributed by atoms with Crippen molar-refractivity contribution in [3.05, 3.63) is 29.8 Å². The van der Waals surface area contributed by atoms with Gasteiger partial charge in [-0.2, -0.15) is 0 Å². The molecule has 5 heteroatoms. The Bertz CT molecular complexity index is 527. The van der Waals surface area contributed by atoms with Crippen LogP contribution in [0.4, 0.5) is 0 Å². The summed E-state index contributed by atoms with van der Waals surface area (Å²) in [6.07, 6.45) is 2.85. The summed E-state index contributed by atoms with van der Waals surface area (Å²) in [5.74, 6) is 1.47. The normalized spacial score (nSPS) is 20.4. The van der Waals surface area contributed by atoms with Gasteiger partial charge in [0.15, 0.2) is 0 Å². The molecular weight excluding hydrogens is 262 g/mol. The summed E-state index contributed by atoms with van der Waals surface area (Å²) in [4.78, 5) is 0. The molecule has 0 aromatic heterocycles. The van der Waals surface area contributed by atoms with Gasteiger partial charge in [0.25, 0.3) is 0 Å². The molecule has 1 aromatic rings. The molecule has 1 N–H and O–H groups in total. The molecule has 0 saturated heterocycles. The van der Waals surface area contributed by atoms with Crippen LogP contribution in [-0.4, -0.2) is 40.1 Å². The van der Waals surface area contributed by atoms with Crippen LogP contribution in [0.15, 0.2) is 24.3 Å². The molecule has 2 atom stereocenters. The molecule has 0 saturated carbocycles. The Hall–Kier alpha value is -1.07. The number of hydrogen-bond acceptors (Lipinski definition) is 4. The zero-order valence-electron chi connectivity index (χ0n) is 11.4. The highest BCUT2D eigenvalue weighted by atomic mass is 32.2. The van der Waals surface area contributed by atoms with E-state index in [9.17, 15) is 8.42 Å². The van der Waals surface area contributed by atoms with Crippen molar-refractivity contribution in [3.8, 4) is 5.75 Å². The number of likely N-dealkylation sites (N-methyl/N-ethyl adjacent to an activating group) is 1. The van der Waals surface area contributed by atoms with Gasteiger partial charge >= 0.3 is 0 Å². The van der Waals surface area contributed by atoms with Crippen LogP contribution in [-0.2, 0) is 9.84 Å². The Morgan fingerprint density at radius 2 is 2.16 bits per heavy atom. The van der Waals surface area contributed by atoms with Crippen molar-refractivity contribution in [2.75, 3.05) is 25.7 Å². The molecule has 106 valence electrons.